The molecule has 26 heavy (non-hydrogen) atoms. The van der Waals surface area contributed by atoms with Crippen LogP contribution in [-0.2, 0) is 11.2 Å². The number of imide groups is 1. The average molecular weight is 359 g/mol. The van der Waals surface area contributed by atoms with Gasteiger partial charge in [-0.15, -0.1) is 0 Å². The van der Waals surface area contributed by atoms with Crippen molar-refractivity contribution in [3.05, 3.63) is 47.3 Å². The van der Waals surface area contributed by atoms with Crippen LogP contribution < -0.4 is 10.6 Å². The predicted octanol–water partition coefficient (Wildman–Crippen LogP) is 2.62. The lowest BCUT2D eigenvalue weighted by Crippen LogP contribution is -2.57. The van der Waals surface area contributed by atoms with Crippen LogP contribution in [0.3, 0.4) is 0 Å². The summed E-state index contributed by atoms with van der Waals surface area (Å²) in [6.45, 7) is 5.69. The molecule has 1 aromatic rings. The van der Waals surface area contributed by atoms with Crippen molar-refractivity contribution in [2.75, 3.05) is 19.6 Å². The second-order valence-electron chi connectivity index (χ2n) is 7.39. The second kappa shape index (κ2) is 7.58. The Morgan fingerprint density at radius 1 is 1.27 bits per heavy atom. The summed E-state index contributed by atoms with van der Waals surface area (Å²) in [6, 6.07) is 6.09. The van der Waals surface area contributed by atoms with Gasteiger partial charge in [0.25, 0.3) is 5.91 Å². The molecule has 0 spiro atoms. The minimum atomic E-state index is -1.07. The van der Waals surface area contributed by atoms with E-state index in [-0.39, 0.29) is 36.6 Å². The number of amides is 3. The van der Waals surface area contributed by atoms with Gasteiger partial charge in [0, 0.05) is 13.0 Å². The molecule has 2 N–H and O–H groups in total. The molecule has 0 radical (unpaired) electrons. The van der Waals surface area contributed by atoms with Gasteiger partial charge >= 0.3 is 6.03 Å². The van der Waals surface area contributed by atoms with Crippen LogP contribution in [-0.4, -0.2) is 42.0 Å². The first-order valence-electron chi connectivity index (χ1n) is 9.15. The Balaban J connectivity index is 1.96. The monoisotopic (exact) mass is 359 g/mol. The zero-order valence-corrected chi connectivity index (χ0v) is 15.3. The Morgan fingerprint density at radius 2 is 1.96 bits per heavy atom. The van der Waals surface area contributed by atoms with Crippen molar-refractivity contribution in [2.24, 2.45) is 5.92 Å². The molecule has 2 fully saturated rings. The van der Waals surface area contributed by atoms with Crippen molar-refractivity contribution in [1.29, 1.82) is 0 Å². The maximum atomic E-state index is 14.3. The van der Waals surface area contributed by atoms with Gasteiger partial charge in [0.15, 0.2) is 0 Å². The molecule has 140 valence electrons. The summed E-state index contributed by atoms with van der Waals surface area (Å²) in [6.07, 6.45) is 3.59. The summed E-state index contributed by atoms with van der Waals surface area (Å²) in [5.41, 5.74) is 0.430. The number of rotatable bonds is 5. The molecule has 0 saturated carbocycles. The largest absolute Gasteiger partial charge is 0.325 e. The summed E-state index contributed by atoms with van der Waals surface area (Å²) in [5.74, 6) is -0.600. The maximum absolute atomic E-state index is 14.3. The summed E-state index contributed by atoms with van der Waals surface area (Å²) in [7, 11) is 0. The van der Waals surface area contributed by atoms with Crippen molar-refractivity contribution in [2.45, 2.75) is 38.6 Å². The highest BCUT2D eigenvalue weighted by Gasteiger charge is 2.55. The number of nitrogens with zero attached hydrogens (tertiary/aromatic N) is 1. The molecule has 1 aromatic carbocycles. The third kappa shape index (κ3) is 3.51. The molecule has 2 heterocycles. The molecular formula is C20H26FN3O2. The minimum Gasteiger partial charge on any atom is -0.322 e. The lowest BCUT2D eigenvalue weighted by molar-refractivity contribution is -0.133. The third-order valence-corrected chi connectivity index (χ3v) is 5.35. The molecule has 5 nitrogen and oxygen atoms in total. The molecule has 0 bridgehead atoms. The zero-order valence-electron chi connectivity index (χ0n) is 15.3. The fourth-order valence-electron chi connectivity index (χ4n) is 3.88. The number of carbonyl (C=O) groups excluding carboxylic acids is 2. The highest BCUT2D eigenvalue weighted by molar-refractivity contribution is 6.07. The number of hydrogen-bond donors (Lipinski definition) is 2. The molecule has 2 aliphatic rings. The van der Waals surface area contributed by atoms with Crippen LogP contribution in [0.2, 0.25) is 0 Å². The van der Waals surface area contributed by atoms with Crippen LogP contribution in [0.1, 0.15) is 32.3 Å². The quantitative estimate of drug-likeness (QED) is 0.628. The van der Waals surface area contributed by atoms with Gasteiger partial charge in [0.1, 0.15) is 11.4 Å². The van der Waals surface area contributed by atoms with Crippen molar-refractivity contribution >= 4 is 11.9 Å². The van der Waals surface area contributed by atoms with E-state index in [1.165, 1.54) is 11.0 Å². The van der Waals surface area contributed by atoms with E-state index in [1.807, 2.05) is 19.9 Å². The molecule has 2 aliphatic heterocycles. The molecule has 3 rings (SSSR count). The van der Waals surface area contributed by atoms with Gasteiger partial charge in [-0.2, -0.15) is 0 Å². The SMILES string of the molecule is CC(C)=CCN1C(=O)N[C@@](Cc2ccccc2F)(C2CCNCC2)C1=O. The van der Waals surface area contributed by atoms with Crippen molar-refractivity contribution in [3.8, 4) is 0 Å². The second-order valence-corrected chi connectivity index (χ2v) is 7.39. The standard InChI is InChI=1S/C20H26FN3O2/c1-14(2)9-12-24-18(25)20(23-19(24)26,16-7-10-22-11-8-16)13-15-5-3-4-6-17(15)21/h3-6,9,16,22H,7-8,10-13H2,1-2H3,(H,23,26)/t20-/m0/s1. The Morgan fingerprint density at radius 3 is 2.62 bits per heavy atom. The molecule has 3 amide bonds. The van der Waals surface area contributed by atoms with Gasteiger partial charge in [0.05, 0.1) is 0 Å². The van der Waals surface area contributed by atoms with E-state index in [9.17, 15) is 14.0 Å². The van der Waals surface area contributed by atoms with Gasteiger partial charge in [-0.25, -0.2) is 9.18 Å². The number of halogens is 1. The highest BCUT2D eigenvalue weighted by Crippen LogP contribution is 2.35. The van der Waals surface area contributed by atoms with Crippen LogP contribution in [0.25, 0.3) is 0 Å². The first kappa shape index (κ1) is 18.6. The summed E-state index contributed by atoms with van der Waals surface area (Å²) >= 11 is 0. The van der Waals surface area contributed by atoms with E-state index in [1.54, 1.807) is 18.2 Å². The third-order valence-electron chi connectivity index (χ3n) is 5.35. The van der Waals surface area contributed by atoms with E-state index in [2.05, 4.69) is 10.6 Å². The van der Waals surface area contributed by atoms with Crippen molar-refractivity contribution < 1.29 is 14.0 Å². The van der Waals surface area contributed by atoms with Crippen LogP contribution in [0.5, 0.6) is 0 Å². The van der Waals surface area contributed by atoms with Gasteiger partial charge in [0.2, 0.25) is 0 Å². The van der Waals surface area contributed by atoms with Gasteiger partial charge < -0.3 is 10.6 Å². The predicted molar refractivity (Wildman–Crippen MR) is 98.1 cm³/mol. The van der Waals surface area contributed by atoms with Crippen LogP contribution in [0.4, 0.5) is 9.18 Å². The fraction of sp³-hybridized carbons (Fsp3) is 0.500. The van der Waals surface area contributed by atoms with Crippen molar-refractivity contribution in [1.82, 2.24) is 15.5 Å². The Labute approximate surface area is 153 Å². The summed E-state index contributed by atoms with van der Waals surface area (Å²) in [4.78, 5) is 27.2. The minimum absolute atomic E-state index is 0.0171. The summed E-state index contributed by atoms with van der Waals surface area (Å²) < 4.78 is 14.3. The Hall–Kier alpha value is -2.21. The Kier molecular flexibility index (Phi) is 5.41. The van der Waals surface area contributed by atoms with Crippen LogP contribution in [0, 0.1) is 11.7 Å². The van der Waals surface area contributed by atoms with E-state index < -0.39 is 5.54 Å². The number of urea groups is 1. The van der Waals surface area contributed by atoms with Crippen LogP contribution >= 0.6 is 0 Å². The van der Waals surface area contributed by atoms with E-state index in [0.29, 0.717) is 5.56 Å². The zero-order chi connectivity index (χ0) is 18.7. The molecule has 0 aliphatic carbocycles. The molecule has 0 unspecified atom stereocenters. The molecule has 6 heteroatoms. The molecule has 2 saturated heterocycles. The number of hydrogen-bond acceptors (Lipinski definition) is 3. The average Bonchev–Trinajstić information content (AvgIpc) is 2.87. The smallest absolute Gasteiger partial charge is 0.322 e. The van der Waals surface area contributed by atoms with E-state index in [4.69, 9.17) is 0 Å². The maximum Gasteiger partial charge on any atom is 0.325 e. The van der Waals surface area contributed by atoms with Crippen LogP contribution in [0.15, 0.2) is 35.9 Å². The molecule has 1 atom stereocenters. The molecular weight excluding hydrogens is 333 g/mol. The lowest BCUT2D eigenvalue weighted by atomic mass is 9.74. The number of carbonyl (C=O) groups is 2. The van der Waals surface area contributed by atoms with Gasteiger partial charge in [-0.05, 0) is 57.3 Å². The van der Waals surface area contributed by atoms with E-state index in [0.717, 1.165) is 31.5 Å². The van der Waals surface area contributed by atoms with E-state index >= 15 is 0 Å². The van der Waals surface area contributed by atoms with Gasteiger partial charge in [-0.1, -0.05) is 29.8 Å². The topological polar surface area (TPSA) is 61.4 Å². The highest BCUT2D eigenvalue weighted by atomic mass is 19.1. The number of piperidine rings is 1. The summed E-state index contributed by atoms with van der Waals surface area (Å²) in [5, 5.41) is 6.24. The molecule has 0 aromatic heterocycles. The normalized spacial score (nSPS) is 23.9. The number of allylic oxidation sites excluding steroid dienone is 1. The first-order chi connectivity index (χ1) is 12.4. The fourth-order valence-corrected chi connectivity index (χ4v) is 3.88. The van der Waals surface area contributed by atoms with Gasteiger partial charge in [-0.3, -0.25) is 9.69 Å². The Bertz CT molecular complexity index is 724. The number of benzene rings is 1. The first-order valence-corrected chi connectivity index (χ1v) is 9.15. The number of nitrogens with one attached hydrogen (secondary N) is 2. The lowest BCUT2D eigenvalue weighted by Gasteiger charge is -2.38. The van der Waals surface area contributed by atoms with Crippen molar-refractivity contribution in [3.63, 3.8) is 0 Å².